The fourth-order valence-corrected chi connectivity index (χ4v) is 2.44. The summed E-state index contributed by atoms with van der Waals surface area (Å²) in [7, 11) is 1.69. The Hall–Kier alpha value is -2.94. The lowest BCUT2D eigenvalue weighted by molar-refractivity contribution is 0.409. The lowest BCUT2D eigenvalue weighted by Gasteiger charge is -2.19. The van der Waals surface area contributed by atoms with Crippen molar-refractivity contribution in [2.24, 2.45) is 0 Å². The van der Waals surface area contributed by atoms with Crippen LogP contribution in [0.15, 0.2) is 83.5 Å². The maximum Gasteiger partial charge on any atom is 0.126 e. The zero-order valence-electron chi connectivity index (χ0n) is 13.0. The minimum atomic E-state index is -0.0290. The van der Waals surface area contributed by atoms with Gasteiger partial charge in [-0.3, -0.25) is 0 Å². The van der Waals surface area contributed by atoms with Crippen LogP contribution in [0.5, 0.6) is 5.75 Å². The zero-order chi connectivity index (χ0) is 15.9. The van der Waals surface area contributed by atoms with Crippen molar-refractivity contribution < 1.29 is 9.15 Å². The van der Waals surface area contributed by atoms with Crippen molar-refractivity contribution >= 4 is 11.8 Å². The van der Waals surface area contributed by atoms with E-state index in [9.17, 15) is 0 Å². The highest BCUT2D eigenvalue weighted by Crippen LogP contribution is 2.29. The van der Waals surface area contributed by atoms with Gasteiger partial charge >= 0.3 is 0 Å². The van der Waals surface area contributed by atoms with Crippen molar-refractivity contribution in [2.75, 3.05) is 12.4 Å². The fraction of sp³-hybridized carbons (Fsp3) is 0.100. The van der Waals surface area contributed by atoms with E-state index in [0.29, 0.717) is 0 Å². The van der Waals surface area contributed by atoms with Crippen LogP contribution in [-0.4, -0.2) is 7.11 Å². The SMILES string of the molecule is COc1ccccc1C(/C=C/c1ccco1)Nc1ccccc1. The molecule has 0 aliphatic rings. The van der Waals surface area contributed by atoms with Crippen LogP contribution < -0.4 is 10.1 Å². The minimum absolute atomic E-state index is 0.0290. The Kier molecular flexibility index (Phi) is 4.79. The molecule has 1 N–H and O–H groups in total. The second kappa shape index (κ2) is 7.36. The molecule has 1 heterocycles. The van der Waals surface area contributed by atoms with Crippen LogP contribution in [-0.2, 0) is 0 Å². The standard InChI is InChI=1S/C20H19NO2/c1-22-20-12-6-5-11-18(20)19(14-13-17-10-7-15-23-17)21-16-8-3-2-4-9-16/h2-15,19,21H,1H3/b14-13+. The molecule has 0 saturated heterocycles. The highest BCUT2D eigenvalue weighted by Gasteiger charge is 2.13. The summed E-state index contributed by atoms with van der Waals surface area (Å²) in [5.41, 5.74) is 2.12. The third-order valence-corrected chi connectivity index (χ3v) is 3.57. The van der Waals surface area contributed by atoms with E-state index < -0.39 is 0 Å². The minimum Gasteiger partial charge on any atom is -0.496 e. The van der Waals surface area contributed by atoms with E-state index in [1.165, 1.54) is 0 Å². The molecule has 0 bridgehead atoms. The molecular formula is C20H19NO2. The second-order valence-corrected chi connectivity index (χ2v) is 5.10. The van der Waals surface area contributed by atoms with Gasteiger partial charge in [-0.25, -0.2) is 0 Å². The number of rotatable bonds is 6. The van der Waals surface area contributed by atoms with Crippen molar-refractivity contribution in [3.05, 3.63) is 90.4 Å². The largest absolute Gasteiger partial charge is 0.496 e. The predicted molar refractivity (Wildman–Crippen MR) is 93.5 cm³/mol. The van der Waals surface area contributed by atoms with E-state index in [4.69, 9.17) is 9.15 Å². The van der Waals surface area contributed by atoms with Crippen LogP contribution in [0, 0.1) is 0 Å². The van der Waals surface area contributed by atoms with Crippen LogP contribution in [0.1, 0.15) is 17.4 Å². The molecule has 0 fully saturated rings. The Morgan fingerprint density at radius 3 is 2.48 bits per heavy atom. The van der Waals surface area contributed by atoms with Gasteiger partial charge in [0.15, 0.2) is 0 Å². The molecule has 0 amide bonds. The van der Waals surface area contributed by atoms with Crippen LogP contribution in [0.4, 0.5) is 5.69 Å². The predicted octanol–water partition coefficient (Wildman–Crippen LogP) is 5.15. The van der Waals surface area contributed by atoms with Gasteiger partial charge in [-0.05, 0) is 36.4 Å². The van der Waals surface area contributed by atoms with Gasteiger partial charge in [0.05, 0.1) is 19.4 Å². The number of anilines is 1. The average molecular weight is 305 g/mol. The first-order valence-electron chi connectivity index (χ1n) is 7.53. The quantitative estimate of drug-likeness (QED) is 0.683. The average Bonchev–Trinajstić information content (AvgIpc) is 3.13. The molecule has 1 aromatic heterocycles. The third kappa shape index (κ3) is 3.83. The summed E-state index contributed by atoms with van der Waals surface area (Å²) in [6.45, 7) is 0. The summed E-state index contributed by atoms with van der Waals surface area (Å²) < 4.78 is 10.9. The van der Waals surface area contributed by atoms with Crippen molar-refractivity contribution in [1.29, 1.82) is 0 Å². The lowest BCUT2D eigenvalue weighted by atomic mass is 10.0. The Morgan fingerprint density at radius 2 is 1.74 bits per heavy atom. The van der Waals surface area contributed by atoms with Crippen molar-refractivity contribution in [2.45, 2.75) is 6.04 Å². The molecule has 0 radical (unpaired) electrons. The van der Waals surface area contributed by atoms with Gasteiger partial charge < -0.3 is 14.5 Å². The number of para-hydroxylation sites is 2. The normalized spacial score (nSPS) is 12.2. The Bertz CT molecular complexity index is 748. The Balaban J connectivity index is 1.92. The molecule has 116 valence electrons. The van der Waals surface area contributed by atoms with E-state index in [-0.39, 0.29) is 6.04 Å². The number of hydrogen-bond acceptors (Lipinski definition) is 3. The highest BCUT2D eigenvalue weighted by molar-refractivity contribution is 5.53. The van der Waals surface area contributed by atoms with E-state index >= 15 is 0 Å². The van der Waals surface area contributed by atoms with Gasteiger partial charge in [0.25, 0.3) is 0 Å². The Morgan fingerprint density at radius 1 is 0.957 bits per heavy atom. The first kappa shape index (κ1) is 15.0. The fourth-order valence-electron chi connectivity index (χ4n) is 2.44. The number of hydrogen-bond donors (Lipinski definition) is 1. The van der Waals surface area contributed by atoms with E-state index in [1.807, 2.05) is 66.7 Å². The van der Waals surface area contributed by atoms with Crippen molar-refractivity contribution in [1.82, 2.24) is 0 Å². The van der Waals surface area contributed by atoms with Gasteiger partial charge in [0.1, 0.15) is 11.5 Å². The molecule has 0 spiro atoms. The summed E-state index contributed by atoms with van der Waals surface area (Å²) in [6.07, 6.45) is 5.71. The molecule has 3 nitrogen and oxygen atoms in total. The zero-order valence-corrected chi connectivity index (χ0v) is 13.0. The van der Waals surface area contributed by atoms with Crippen LogP contribution in [0.2, 0.25) is 0 Å². The monoisotopic (exact) mass is 305 g/mol. The van der Waals surface area contributed by atoms with Gasteiger partial charge in [-0.2, -0.15) is 0 Å². The molecule has 3 rings (SSSR count). The molecule has 1 unspecified atom stereocenters. The topological polar surface area (TPSA) is 34.4 Å². The van der Waals surface area contributed by atoms with E-state index in [2.05, 4.69) is 17.5 Å². The number of nitrogens with one attached hydrogen (secondary N) is 1. The Labute approximate surface area is 136 Å². The third-order valence-electron chi connectivity index (χ3n) is 3.57. The van der Waals surface area contributed by atoms with Gasteiger partial charge in [-0.1, -0.05) is 42.5 Å². The number of ether oxygens (including phenoxy) is 1. The van der Waals surface area contributed by atoms with E-state index in [1.54, 1.807) is 13.4 Å². The van der Waals surface area contributed by atoms with Gasteiger partial charge in [0, 0.05) is 11.3 Å². The molecule has 3 aromatic rings. The maximum atomic E-state index is 5.50. The smallest absolute Gasteiger partial charge is 0.126 e. The molecule has 0 aliphatic carbocycles. The second-order valence-electron chi connectivity index (χ2n) is 5.10. The number of benzene rings is 2. The molecule has 2 aromatic carbocycles. The summed E-state index contributed by atoms with van der Waals surface area (Å²) in [4.78, 5) is 0. The molecular weight excluding hydrogens is 286 g/mol. The van der Waals surface area contributed by atoms with Crippen LogP contribution >= 0.6 is 0 Å². The number of furan rings is 1. The van der Waals surface area contributed by atoms with E-state index in [0.717, 1.165) is 22.8 Å². The highest BCUT2D eigenvalue weighted by atomic mass is 16.5. The summed E-state index contributed by atoms with van der Waals surface area (Å²) in [6, 6.07) is 21.9. The lowest BCUT2D eigenvalue weighted by Crippen LogP contribution is -2.09. The first-order chi connectivity index (χ1) is 11.4. The van der Waals surface area contributed by atoms with Crippen LogP contribution in [0.25, 0.3) is 6.08 Å². The van der Waals surface area contributed by atoms with Crippen LogP contribution in [0.3, 0.4) is 0 Å². The molecule has 0 saturated carbocycles. The van der Waals surface area contributed by atoms with Gasteiger partial charge in [-0.15, -0.1) is 0 Å². The molecule has 23 heavy (non-hydrogen) atoms. The number of methoxy groups -OCH3 is 1. The summed E-state index contributed by atoms with van der Waals surface area (Å²) in [5.74, 6) is 1.67. The molecule has 3 heteroatoms. The summed E-state index contributed by atoms with van der Waals surface area (Å²) in [5, 5.41) is 3.52. The van der Waals surface area contributed by atoms with Gasteiger partial charge in [0.2, 0.25) is 0 Å². The molecule has 0 aliphatic heterocycles. The van der Waals surface area contributed by atoms with Crippen molar-refractivity contribution in [3.63, 3.8) is 0 Å². The maximum absolute atomic E-state index is 5.50. The molecule has 1 atom stereocenters. The first-order valence-corrected chi connectivity index (χ1v) is 7.53. The summed E-state index contributed by atoms with van der Waals surface area (Å²) >= 11 is 0. The van der Waals surface area contributed by atoms with Crippen molar-refractivity contribution in [3.8, 4) is 5.75 Å².